The predicted octanol–water partition coefficient (Wildman–Crippen LogP) is 2.43. The minimum Gasteiger partial charge on any atom is -0.357 e. The van der Waals surface area contributed by atoms with E-state index in [-0.39, 0.29) is 5.82 Å². The third-order valence-corrected chi connectivity index (χ3v) is 3.10. The van der Waals surface area contributed by atoms with Gasteiger partial charge >= 0.3 is 0 Å². The van der Waals surface area contributed by atoms with Gasteiger partial charge in [0.25, 0.3) is 0 Å². The van der Waals surface area contributed by atoms with E-state index in [2.05, 4.69) is 15.3 Å². The maximum Gasteiger partial charge on any atom is 0.224 e. The summed E-state index contributed by atoms with van der Waals surface area (Å²) in [6.45, 7) is 1.77. The molecule has 5 heteroatoms. The Labute approximate surface area is 101 Å². The highest BCUT2D eigenvalue weighted by molar-refractivity contribution is 5.43. The average molecular weight is 238 g/mol. The average Bonchev–Trinajstić information content (AvgIpc) is 2.30. The minimum atomic E-state index is -0.329. The molecule has 1 aromatic heterocycles. The molecule has 0 aromatic carbocycles. The van der Waals surface area contributed by atoms with Gasteiger partial charge in [-0.05, 0) is 12.8 Å². The molecule has 1 aliphatic heterocycles. The Morgan fingerprint density at radius 1 is 1.18 bits per heavy atom. The lowest BCUT2D eigenvalue weighted by atomic mass is 10.1. The van der Waals surface area contributed by atoms with Crippen molar-refractivity contribution in [3.63, 3.8) is 0 Å². The Hall–Kier alpha value is -1.39. The van der Waals surface area contributed by atoms with Crippen LogP contribution in [0.3, 0.4) is 0 Å². The fourth-order valence-electron chi connectivity index (χ4n) is 2.16. The second-order valence-electron chi connectivity index (χ2n) is 4.37. The zero-order valence-corrected chi connectivity index (χ0v) is 10.2. The molecule has 1 aromatic rings. The fraction of sp³-hybridized carbons (Fsp3) is 0.667. The number of halogens is 1. The predicted molar refractivity (Wildman–Crippen MR) is 66.8 cm³/mol. The molecule has 2 heterocycles. The van der Waals surface area contributed by atoms with Gasteiger partial charge < -0.3 is 10.2 Å². The molecule has 0 amide bonds. The van der Waals surface area contributed by atoms with Gasteiger partial charge in [0.1, 0.15) is 0 Å². The number of nitrogens with one attached hydrogen (secondary N) is 1. The van der Waals surface area contributed by atoms with Crippen LogP contribution in [0.5, 0.6) is 0 Å². The molecule has 1 saturated heterocycles. The van der Waals surface area contributed by atoms with Crippen molar-refractivity contribution in [1.82, 2.24) is 9.97 Å². The maximum atomic E-state index is 13.7. The number of nitrogens with zero attached hydrogens (tertiary/aromatic N) is 3. The van der Waals surface area contributed by atoms with Gasteiger partial charge in [0.05, 0.1) is 6.20 Å². The van der Waals surface area contributed by atoms with Crippen molar-refractivity contribution in [2.75, 3.05) is 30.4 Å². The van der Waals surface area contributed by atoms with Crippen molar-refractivity contribution in [1.29, 1.82) is 0 Å². The van der Waals surface area contributed by atoms with Gasteiger partial charge in [-0.3, -0.25) is 0 Å². The topological polar surface area (TPSA) is 41.1 Å². The van der Waals surface area contributed by atoms with Crippen LogP contribution in [0.2, 0.25) is 0 Å². The largest absolute Gasteiger partial charge is 0.357 e. The first-order valence-corrected chi connectivity index (χ1v) is 6.26. The van der Waals surface area contributed by atoms with Gasteiger partial charge in [0.2, 0.25) is 5.95 Å². The summed E-state index contributed by atoms with van der Waals surface area (Å²) < 4.78 is 13.7. The molecule has 1 aliphatic rings. The van der Waals surface area contributed by atoms with Crippen LogP contribution in [0.25, 0.3) is 0 Å². The first-order chi connectivity index (χ1) is 8.31. The highest BCUT2D eigenvalue weighted by Crippen LogP contribution is 2.20. The molecule has 4 nitrogen and oxygen atoms in total. The smallest absolute Gasteiger partial charge is 0.224 e. The molecule has 0 atom stereocenters. The summed E-state index contributed by atoms with van der Waals surface area (Å²) in [6, 6.07) is 0. The molecule has 17 heavy (non-hydrogen) atoms. The van der Waals surface area contributed by atoms with Gasteiger partial charge in [-0.1, -0.05) is 19.3 Å². The molecule has 0 saturated carbocycles. The van der Waals surface area contributed by atoms with Crippen molar-refractivity contribution in [2.45, 2.75) is 32.1 Å². The van der Waals surface area contributed by atoms with Gasteiger partial charge in [0.15, 0.2) is 11.6 Å². The number of anilines is 2. The standard InChI is InChI=1S/C12H19FN4/c1-14-12-15-9-10(13)11(16-12)17-7-5-3-2-4-6-8-17/h9H,2-8H2,1H3,(H,14,15,16). The number of rotatable bonds is 2. The second kappa shape index (κ2) is 5.80. The van der Waals surface area contributed by atoms with Crippen molar-refractivity contribution < 1.29 is 4.39 Å². The summed E-state index contributed by atoms with van der Waals surface area (Å²) >= 11 is 0. The zero-order valence-electron chi connectivity index (χ0n) is 10.2. The van der Waals surface area contributed by atoms with E-state index in [9.17, 15) is 4.39 Å². The Morgan fingerprint density at radius 3 is 2.47 bits per heavy atom. The molecule has 2 rings (SSSR count). The Bertz CT molecular complexity index is 362. The number of hydrogen-bond donors (Lipinski definition) is 1. The zero-order chi connectivity index (χ0) is 12.1. The first kappa shape index (κ1) is 12.1. The number of hydrogen-bond acceptors (Lipinski definition) is 4. The molecule has 94 valence electrons. The van der Waals surface area contributed by atoms with E-state index in [1.165, 1.54) is 25.5 Å². The van der Waals surface area contributed by atoms with E-state index in [1.54, 1.807) is 7.05 Å². The van der Waals surface area contributed by atoms with Gasteiger partial charge in [-0.15, -0.1) is 0 Å². The quantitative estimate of drug-likeness (QED) is 0.859. The Kier molecular flexibility index (Phi) is 4.12. The molecule has 0 bridgehead atoms. The van der Waals surface area contributed by atoms with Gasteiger partial charge in [-0.2, -0.15) is 4.98 Å². The van der Waals surface area contributed by atoms with E-state index < -0.39 is 0 Å². The second-order valence-corrected chi connectivity index (χ2v) is 4.37. The molecule has 0 unspecified atom stereocenters. The van der Waals surface area contributed by atoms with Gasteiger partial charge in [-0.25, -0.2) is 9.37 Å². The van der Waals surface area contributed by atoms with Crippen LogP contribution >= 0.6 is 0 Å². The SMILES string of the molecule is CNc1ncc(F)c(N2CCCCCCC2)n1. The maximum absolute atomic E-state index is 13.7. The normalized spacial score (nSPS) is 17.4. The summed E-state index contributed by atoms with van der Waals surface area (Å²) in [5, 5.41) is 2.85. The van der Waals surface area contributed by atoms with Crippen LogP contribution in [-0.4, -0.2) is 30.1 Å². The van der Waals surface area contributed by atoms with Crippen LogP contribution in [0, 0.1) is 5.82 Å². The van der Waals surface area contributed by atoms with Crippen molar-refractivity contribution in [2.24, 2.45) is 0 Å². The number of aromatic nitrogens is 2. The van der Waals surface area contributed by atoms with Crippen LogP contribution in [0.15, 0.2) is 6.20 Å². The summed E-state index contributed by atoms with van der Waals surface area (Å²) in [4.78, 5) is 10.1. The van der Waals surface area contributed by atoms with E-state index in [0.29, 0.717) is 11.8 Å². The molecule has 1 N–H and O–H groups in total. The monoisotopic (exact) mass is 238 g/mol. The van der Waals surface area contributed by atoms with Gasteiger partial charge in [0, 0.05) is 20.1 Å². The molecule has 1 fully saturated rings. The minimum absolute atomic E-state index is 0.329. The highest BCUT2D eigenvalue weighted by Gasteiger charge is 2.15. The third-order valence-electron chi connectivity index (χ3n) is 3.10. The van der Waals surface area contributed by atoms with Crippen molar-refractivity contribution in [3.05, 3.63) is 12.0 Å². The van der Waals surface area contributed by atoms with Crippen LogP contribution in [-0.2, 0) is 0 Å². The lowest BCUT2D eigenvalue weighted by molar-refractivity contribution is 0.538. The van der Waals surface area contributed by atoms with E-state index >= 15 is 0 Å². The molecule has 0 spiro atoms. The van der Waals surface area contributed by atoms with Crippen molar-refractivity contribution in [3.8, 4) is 0 Å². The Morgan fingerprint density at radius 2 is 1.82 bits per heavy atom. The van der Waals surface area contributed by atoms with Crippen LogP contribution in [0.1, 0.15) is 32.1 Å². The lowest BCUT2D eigenvalue weighted by Gasteiger charge is -2.26. The van der Waals surface area contributed by atoms with E-state index in [0.717, 1.165) is 25.9 Å². The molecule has 0 aliphatic carbocycles. The van der Waals surface area contributed by atoms with Crippen LogP contribution in [0.4, 0.5) is 16.2 Å². The van der Waals surface area contributed by atoms with E-state index in [4.69, 9.17) is 0 Å². The van der Waals surface area contributed by atoms with Crippen molar-refractivity contribution >= 4 is 11.8 Å². The lowest BCUT2D eigenvalue weighted by Crippen LogP contribution is -2.29. The fourth-order valence-corrected chi connectivity index (χ4v) is 2.16. The van der Waals surface area contributed by atoms with Crippen LogP contribution < -0.4 is 10.2 Å². The molecular formula is C12H19FN4. The van der Waals surface area contributed by atoms with E-state index in [1.807, 2.05) is 4.90 Å². The Balaban J connectivity index is 2.17. The summed E-state index contributed by atoms with van der Waals surface area (Å²) in [7, 11) is 1.74. The summed E-state index contributed by atoms with van der Waals surface area (Å²) in [5.74, 6) is 0.583. The third kappa shape index (κ3) is 3.05. The molecule has 0 radical (unpaired) electrons. The highest BCUT2D eigenvalue weighted by atomic mass is 19.1. The summed E-state index contributed by atoms with van der Waals surface area (Å²) in [5.41, 5.74) is 0. The summed E-state index contributed by atoms with van der Waals surface area (Å²) in [6.07, 6.45) is 7.20. The molecular weight excluding hydrogens is 219 g/mol. The first-order valence-electron chi connectivity index (χ1n) is 6.26.